The highest BCUT2D eigenvalue weighted by Gasteiger charge is 2.21. The van der Waals surface area contributed by atoms with E-state index in [1.54, 1.807) is 6.07 Å². The van der Waals surface area contributed by atoms with Gasteiger partial charge >= 0.3 is 12.2 Å². The van der Waals surface area contributed by atoms with E-state index in [1.807, 2.05) is 0 Å². The molecule has 0 unspecified atom stereocenters. The minimum absolute atomic E-state index is 0.000278. The summed E-state index contributed by atoms with van der Waals surface area (Å²) in [6.07, 6.45) is -1.93. The van der Waals surface area contributed by atoms with Gasteiger partial charge in [0.05, 0.1) is 17.6 Å². The standard InChI is InChI=1S/C8H7BrN2O4/c9-3-5-1-2-6(4-10-5)11(7(12)13)8(14)15/h1-2,4H,3H2,(H,12,13)(H,14,15). The van der Waals surface area contributed by atoms with Gasteiger partial charge in [-0.05, 0) is 12.1 Å². The van der Waals surface area contributed by atoms with E-state index in [2.05, 4.69) is 20.9 Å². The third-order valence-corrected chi connectivity index (χ3v) is 2.16. The van der Waals surface area contributed by atoms with E-state index in [-0.39, 0.29) is 10.6 Å². The third-order valence-electron chi connectivity index (χ3n) is 1.59. The Bertz CT molecular complexity index is 365. The Morgan fingerprint density at radius 2 is 1.93 bits per heavy atom. The van der Waals surface area contributed by atoms with Crippen molar-refractivity contribution in [2.45, 2.75) is 5.33 Å². The van der Waals surface area contributed by atoms with Gasteiger partial charge in [-0.2, -0.15) is 4.90 Å². The van der Waals surface area contributed by atoms with Gasteiger partial charge in [0.1, 0.15) is 0 Å². The molecule has 0 aliphatic carbocycles. The highest BCUT2D eigenvalue weighted by Crippen LogP contribution is 2.14. The summed E-state index contributed by atoms with van der Waals surface area (Å²) in [5.74, 6) is 0. The SMILES string of the molecule is O=C(O)N(C(=O)O)c1ccc(CBr)nc1. The van der Waals surface area contributed by atoms with Crippen LogP contribution in [-0.4, -0.2) is 27.4 Å². The van der Waals surface area contributed by atoms with Crippen LogP contribution in [0.5, 0.6) is 0 Å². The molecular weight excluding hydrogens is 268 g/mol. The molecule has 15 heavy (non-hydrogen) atoms. The number of aromatic nitrogens is 1. The van der Waals surface area contributed by atoms with Gasteiger partial charge in [-0.1, -0.05) is 15.9 Å². The van der Waals surface area contributed by atoms with E-state index in [4.69, 9.17) is 10.2 Å². The Balaban J connectivity index is 3.02. The van der Waals surface area contributed by atoms with Gasteiger partial charge in [0, 0.05) is 5.33 Å². The number of carbonyl (C=O) groups is 2. The lowest BCUT2D eigenvalue weighted by Crippen LogP contribution is -2.34. The summed E-state index contributed by atoms with van der Waals surface area (Å²) in [6, 6.07) is 2.93. The maximum Gasteiger partial charge on any atom is 0.421 e. The molecule has 7 heteroatoms. The molecule has 6 nitrogen and oxygen atoms in total. The van der Waals surface area contributed by atoms with Gasteiger partial charge in [-0.3, -0.25) is 4.98 Å². The summed E-state index contributed by atoms with van der Waals surface area (Å²) in [5, 5.41) is 17.8. The number of hydrogen-bond donors (Lipinski definition) is 2. The summed E-state index contributed by atoms with van der Waals surface area (Å²) >= 11 is 3.17. The van der Waals surface area contributed by atoms with Gasteiger partial charge < -0.3 is 10.2 Å². The van der Waals surface area contributed by atoms with Gasteiger partial charge in [-0.25, -0.2) is 9.59 Å². The van der Waals surface area contributed by atoms with Crippen molar-refractivity contribution in [3.05, 3.63) is 24.0 Å². The average molecular weight is 275 g/mol. The molecule has 0 aromatic carbocycles. The predicted octanol–water partition coefficient (Wildman–Crippen LogP) is 2.14. The Labute approximate surface area is 93.3 Å². The number of nitrogens with zero attached hydrogens (tertiary/aromatic N) is 2. The van der Waals surface area contributed by atoms with Gasteiger partial charge in [0.2, 0.25) is 0 Å². The van der Waals surface area contributed by atoms with Crippen LogP contribution >= 0.6 is 15.9 Å². The second kappa shape index (κ2) is 4.74. The highest BCUT2D eigenvalue weighted by atomic mass is 79.9. The highest BCUT2D eigenvalue weighted by molar-refractivity contribution is 9.08. The molecule has 0 fully saturated rings. The van der Waals surface area contributed by atoms with Crippen LogP contribution in [0.3, 0.4) is 0 Å². The zero-order valence-electron chi connectivity index (χ0n) is 7.42. The fourth-order valence-corrected chi connectivity index (χ4v) is 1.26. The van der Waals surface area contributed by atoms with Crippen molar-refractivity contribution in [1.29, 1.82) is 0 Å². The summed E-state index contributed by atoms with van der Waals surface area (Å²) in [4.78, 5) is 25.3. The minimum Gasteiger partial charge on any atom is -0.464 e. The summed E-state index contributed by atoms with van der Waals surface area (Å²) in [5.41, 5.74) is 0.689. The number of alkyl halides is 1. The molecule has 0 bridgehead atoms. The maximum atomic E-state index is 10.6. The smallest absolute Gasteiger partial charge is 0.421 e. The molecule has 0 aliphatic heterocycles. The van der Waals surface area contributed by atoms with Crippen LogP contribution in [0.1, 0.15) is 5.69 Å². The minimum atomic E-state index is -1.56. The lowest BCUT2D eigenvalue weighted by atomic mass is 10.3. The van der Waals surface area contributed by atoms with Gasteiger partial charge in [0.15, 0.2) is 0 Å². The van der Waals surface area contributed by atoms with Crippen LogP contribution in [0.25, 0.3) is 0 Å². The summed E-state index contributed by atoms with van der Waals surface area (Å²) < 4.78 is 0. The summed E-state index contributed by atoms with van der Waals surface area (Å²) in [7, 11) is 0. The van der Waals surface area contributed by atoms with Crippen LogP contribution in [0.15, 0.2) is 18.3 Å². The first-order valence-electron chi connectivity index (χ1n) is 3.83. The van der Waals surface area contributed by atoms with Crippen LogP contribution in [0.2, 0.25) is 0 Å². The number of pyridine rings is 1. The number of anilines is 1. The fraction of sp³-hybridized carbons (Fsp3) is 0.125. The van der Waals surface area contributed by atoms with Gasteiger partial charge in [0.25, 0.3) is 0 Å². The molecule has 0 radical (unpaired) electrons. The monoisotopic (exact) mass is 274 g/mol. The van der Waals surface area contributed by atoms with Crippen molar-refractivity contribution in [1.82, 2.24) is 4.98 Å². The van der Waals surface area contributed by atoms with Crippen LogP contribution < -0.4 is 4.90 Å². The number of hydrogen-bond acceptors (Lipinski definition) is 3. The third kappa shape index (κ3) is 2.66. The molecule has 0 saturated heterocycles. The number of imide groups is 1. The number of carboxylic acid groups (broad SMARTS) is 2. The second-order valence-corrected chi connectivity index (χ2v) is 3.10. The van der Waals surface area contributed by atoms with E-state index >= 15 is 0 Å². The summed E-state index contributed by atoms with van der Waals surface area (Å²) in [6.45, 7) is 0. The van der Waals surface area contributed by atoms with E-state index in [0.29, 0.717) is 11.0 Å². The molecule has 0 aliphatic rings. The van der Waals surface area contributed by atoms with Crippen molar-refractivity contribution < 1.29 is 19.8 Å². The lowest BCUT2D eigenvalue weighted by Gasteiger charge is -2.12. The van der Waals surface area contributed by atoms with E-state index in [9.17, 15) is 9.59 Å². The van der Waals surface area contributed by atoms with Crippen molar-refractivity contribution >= 4 is 33.8 Å². The zero-order chi connectivity index (χ0) is 11.4. The molecule has 2 amide bonds. The molecule has 1 aromatic rings. The second-order valence-electron chi connectivity index (χ2n) is 2.54. The lowest BCUT2D eigenvalue weighted by molar-refractivity contribution is 0.184. The first kappa shape index (κ1) is 11.4. The Morgan fingerprint density at radius 3 is 2.27 bits per heavy atom. The predicted molar refractivity (Wildman–Crippen MR) is 55.4 cm³/mol. The van der Waals surface area contributed by atoms with Crippen LogP contribution in [0.4, 0.5) is 15.3 Å². The molecular formula is C8H7BrN2O4. The first-order valence-corrected chi connectivity index (χ1v) is 4.95. The van der Waals surface area contributed by atoms with Crippen molar-refractivity contribution in [2.75, 3.05) is 4.90 Å². The number of amides is 2. The molecule has 80 valence electrons. The number of rotatable bonds is 2. The molecule has 1 aromatic heterocycles. The van der Waals surface area contributed by atoms with Gasteiger partial charge in [-0.15, -0.1) is 0 Å². The fourth-order valence-electron chi connectivity index (χ4n) is 0.931. The topological polar surface area (TPSA) is 90.7 Å². The molecule has 2 N–H and O–H groups in total. The zero-order valence-corrected chi connectivity index (χ0v) is 9.01. The molecule has 0 atom stereocenters. The first-order chi connectivity index (χ1) is 7.06. The molecule has 0 saturated carbocycles. The maximum absolute atomic E-state index is 10.6. The van der Waals surface area contributed by atoms with Crippen LogP contribution in [0, 0.1) is 0 Å². The Morgan fingerprint density at radius 1 is 1.33 bits per heavy atom. The largest absolute Gasteiger partial charge is 0.464 e. The molecule has 1 rings (SSSR count). The number of halogens is 1. The van der Waals surface area contributed by atoms with Crippen LogP contribution in [-0.2, 0) is 5.33 Å². The van der Waals surface area contributed by atoms with E-state index in [1.165, 1.54) is 12.3 Å². The quantitative estimate of drug-likeness (QED) is 0.807. The van der Waals surface area contributed by atoms with Crippen molar-refractivity contribution in [3.63, 3.8) is 0 Å². The average Bonchev–Trinajstić information content (AvgIpc) is 2.18. The molecule has 0 spiro atoms. The normalized spacial score (nSPS) is 9.67. The van der Waals surface area contributed by atoms with E-state index in [0.717, 1.165) is 0 Å². The Hall–Kier alpha value is -1.63. The van der Waals surface area contributed by atoms with Crippen molar-refractivity contribution in [2.24, 2.45) is 0 Å². The molecule has 1 heterocycles. The Kier molecular flexibility index (Phi) is 3.62. The van der Waals surface area contributed by atoms with Crippen molar-refractivity contribution in [3.8, 4) is 0 Å². The van der Waals surface area contributed by atoms with E-state index < -0.39 is 12.2 Å².